The highest BCUT2D eigenvalue weighted by Gasteiger charge is 2.27. The van der Waals surface area contributed by atoms with Gasteiger partial charge in [0.1, 0.15) is 27.3 Å². The van der Waals surface area contributed by atoms with Crippen molar-refractivity contribution < 1.29 is 9.53 Å². The SMILES string of the molecule is CC1CC(=O)N(Cc2ccc(-c3nccn3C3CCNCC3)cc2Oc2ccc(-c3nnc(C(C)C)s3)cc2)C1. The second kappa shape index (κ2) is 11.5. The summed E-state index contributed by atoms with van der Waals surface area (Å²) >= 11 is 1.62. The predicted molar refractivity (Wildman–Crippen MR) is 158 cm³/mol. The lowest BCUT2D eigenvalue weighted by molar-refractivity contribution is -0.128. The number of hydrogen-bond acceptors (Lipinski definition) is 7. The molecule has 40 heavy (non-hydrogen) atoms. The first-order chi connectivity index (χ1) is 19.4. The fourth-order valence-corrected chi connectivity index (χ4v) is 6.39. The Labute approximate surface area is 239 Å². The van der Waals surface area contributed by atoms with E-state index >= 15 is 0 Å². The predicted octanol–water partition coefficient (Wildman–Crippen LogP) is 6.28. The van der Waals surface area contributed by atoms with Crippen molar-refractivity contribution in [3.05, 3.63) is 65.4 Å². The molecule has 2 fully saturated rings. The average molecular weight is 557 g/mol. The Bertz CT molecular complexity index is 1470. The van der Waals surface area contributed by atoms with E-state index in [2.05, 4.69) is 65.2 Å². The van der Waals surface area contributed by atoms with Gasteiger partial charge in [-0.15, -0.1) is 10.2 Å². The quantitative estimate of drug-likeness (QED) is 0.275. The molecule has 2 aromatic carbocycles. The molecule has 1 unspecified atom stereocenters. The van der Waals surface area contributed by atoms with Crippen molar-refractivity contribution in [2.45, 2.75) is 58.5 Å². The Morgan fingerprint density at radius 1 is 1.07 bits per heavy atom. The maximum Gasteiger partial charge on any atom is 0.223 e. The molecule has 0 radical (unpaired) electrons. The Kier molecular flexibility index (Phi) is 7.67. The maximum absolute atomic E-state index is 12.6. The highest BCUT2D eigenvalue weighted by atomic mass is 32.1. The monoisotopic (exact) mass is 556 g/mol. The summed E-state index contributed by atoms with van der Waals surface area (Å²) in [5.74, 6) is 3.36. The summed E-state index contributed by atoms with van der Waals surface area (Å²) in [6.07, 6.45) is 6.74. The number of rotatable bonds is 8. The Hall–Kier alpha value is -3.56. The van der Waals surface area contributed by atoms with E-state index in [1.165, 1.54) is 0 Å². The fourth-order valence-electron chi connectivity index (χ4n) is 5.54. The first-order valence-electron chi connectivity index (χ1n) is 14.2. The van der Waals surface area contributed by atoms with E-state index in [-0.39, 0.29) is 5.91 Å². The lowest BCUT2D eigenvalue weighted by Crippen LogP contribution is -2.29. The number of aromatic nitrogens is 4. The van der Waals surface area contributed by atoms with Gasteiger partial charge in [-0.3, -0.25) is 4.79 Å². The van der Waals surface area contributed by atoms with Gasteiger partial charge in [0.2, 0.25) is 5.91 Å². The van der Waals surface area contributed by atoms with Gasteiger partial charge in [-0.2, -0.15) is 0 Å². The van der Waals surface area contributed by atoms with E-state index in [9.17, 15) is 4.79 Å². The number of nitrogens with zero attached hydrogens (tertiary/aromatic N) is 5. The summed E-state index contributed by atoms with van der Waals surface area (Å²) < 4.78 is 8.82. The van der Waals surface area contributed by atoms with Gasteiger partial charge >= 0.3 is 0 Å². The second-order valence-corrected chi connectivity index (χ2v) is 12.3. The normalized spacial score (nSPS) is 18.1. The zero-order valence-electron chi connectivity index (χ0n) is 23.3. The molecule has 0 spiro atoms. The number of benzene rings is 2. The van der Waals surface area contributed by atoms with Crippen LogP contribution in [0.2, 0.25) is 0 Å². The molecule has 2 aromatic heterocycles. The molecule has 208 valence electrons. The molecule has 1 atom stereocenters. The summed E-state index contributed by atoms with van der Waals surface area (Å²) in [7, 11) is 0. The molecule has 2 saturated heterocycles. The molecule has 8 nitrogen and oxygen atoms in total. The number of imidazole rings is 1. The third-order valence-electron chi connectivity index (χ3n) is 7.73. The molecule has 0 saturated carbocycles. The van der Waals surface area contributed by atoms with Crippen molar-refractivity contribution in [1.29, 1.82) is 0 Å². The largest absolute Gasteiger partial charge is 0.457 e. The first kappa shape index (κ1) is 26.7. The Balaban J connectivity index is 1.30. The van der Waals surface area contributed by atoms with E-state index in [0.29, 0.717) is 30.8 Å². The minimum absolute atomic E-state index is 0.200. The summed E-state index contributed by atoms with van der Waals surface area (Å²) in [5, 5.41) is 14.1. The van der Waals surface area contributed by atoms with Crippen LogP contribution in [-0.2, 0) is 11.3 Å². The van der Waals surface area contributed by atoms with Gasteiger partial charge in [-0.1, -0.05) is 44.2 Å². The topological polar surface area (TPSA) is 85.2 Å². The van der Waals surface area contributed by atoms with E-state index in [0.717, 1.165) is 76.5 Å². The minimum atomic E-state index is 0.200. The summed E-state index contributed by atoms with van der Waals surface area (Å²) in [6, 6.07) is 14.7. The highest BCUT2D eigenvalue weighted by Crippen LogP contribution is 2.35. The maximum atomic E-state index is 12.6. The summed E-state index contributed by atoms with van der Waals surface area (Å²) in [4.78, 5) is 19.3. The van der Waals surface area contributed by atoms with Gasteiger partial charge in [-0.05, 0) is 62.2 Å². The third-order valence-corrected chi connectivity index (χ3v) is 9.00. The van der Waals surface area contributed by atoms with E-state index < -0.39 is 0 Å². The van der Waals surface area contributed by atoms with Crippen LogP contribution < -0.4 is 10.1 Å². The Morgan fingerprint density at radius 3 is 2.55 bits per heavy atom. The number of carbonyl (C=O) groups is 1. The van der Waals surface area contributed by atoms with Crippen LogP contribution in [0.1, 0.15) is 62.6 Å². The molecule has 0 aliphatic carbocycles. The van der Waals surface area contributed by atoms with Crippen LogP contribution >= 0.6 is 11.3 Å². The van der Waals surface area contributed by atoms with E-state index in [1.54, 1.807) is 11.3 Å². The molecule has 0 bridgehead atoms. The molecule has 4 heterocycles. The van der Waals surface area contributed by atoms with Crippen LogP contribution in [0.25, 0.3) is 22.0 Å². The van der Waals surface area contributed by atoms with Crippen molar-refractivity contribution in [2.24, 2.45) is 5.92 Å². The number of piperidine rings is 1. The number of carbonyl (C=O) groups excluding carboxylic acids is 1. The molecule has 9 heteroatoms. The number of ether oxygens (including phenoxy) is 1. The summed E-state index contributed by atoms with van der Waals surface area (Å²) in [6.45, 7) is 9.72. The van der Waals surface area contributed by atoms with Crippen molar-refractivity contribution in [2.75, 3.05) is 19.6 Å². The highest BCUT2D eigenvalue weighted by molar-refractivity contribution is 7.14. The van der Waals surface area contributed by atoms with Crippen molar-refractivity contribution in [3.63, 3.8) is 0 Å². The van der Waals surface area contributed by atoms with Gasteiger partial charge in [0, 0.05) is 60.6 Å². The minimum Gasteiger partial charge on any atom is -0.457 e. The van der Waals surface area contributed by atoms with Crippen LogP contribution in [0.4, 0.5) is 0 Å². The summed E-state index contributed by atoms with van der Waals surface area (Å²) in [5.41, 5.74) is 3.02. The molecule has 4 aromatic rings. The van der Waals surface area contributed by atoms with Gasteiger partial charge in [0.25, 0.3) is 0 Å². The number of amides is 1. The molecular weight excluding hydrogens is 520 g/mol. The zero-order chi connectivity index (χ0) is 27.6. The molecule has 2 aliphatic heterocycles. The van der Waals surface area contributed by atoms with Crippen LogP contribution in [0, 0.1) is 5.92 Å². The van der Waals surface area contributed by atoms with Gasteiger partial charge in [-0.25, -0.2) is 4.98 Å². The van der Waals surface area contributed by atoms with Crippen LogP contribution in [-0.4, -0.2) is 50.2 Å². The molecular formula is C31H36N6O2S. The van der Waals surface area contributed by atoms with Crippen LogP contribution in [0.15, 0.2) is 54.9 Å². The smallest absolute Gasteiger partial charge is 0.223 e. The number of nitrogens with one attached hydrogen (secondary N) is 1. The van der Waals surface area contributed by atoms with Crippen LogP contribution in [0.5, 0.6) is 11.5 Å². The molecule has 6 rings (SSSR count). The zero-order valence-corrected chi connectivity index (χ0v) is 24.2. The lowest BCUT2D eigenvalue weighted by Gasteiger charge is -2.26. The third kappa shape index (κ3) is 5.67. The number of hydrogen-bond donors (Lipinski definition) is 1. The van der Waals surface area contributed by atoms with Gasteiger partial charge in [0.15, 0.2) is 0 Å². The molecule has 2 aliphatic rings. The van der Waals surface area contributed by atoms with E-state index in [1.807, 2.05) is 35.4 Å². The standard InChI is InChI=1S/C31H36N6O2S/c1-20(2)30-34-35-31(40-30)22-6-8-26(9-7-22)39-27-17-23(4-5-24(27)19-36-18-21(3)16-28(36)38)29-33-14-15-37(29)25-10-12-32-13-11-25/h4-9,14-15,17,20-21,25,32H,10-13,16,18-19H2,1-3H3. The van der Waals surface area contributed by atoms with Crippen molar-refractivity contribution >= 4 is 17.2 Å². The van der Waals surface area contributed by atoms with Crippen molar-refractivity contribution in [1.82, 2.24) is 30.0 Å². The van der Waals surface area contributed by atoms with E-state index in [4.69, 9.17) is 9.72 Å². The molecule has 1 N–H and O–H groups in total. The van der Waals surface area contributed by atoms with Gasteiger partial charge < -0.3 is 19.5 Å². The average Bonchev–Trinajstić information content (AvgIpc) is 3.71. The van der Waals surface area contributed by atoms with Crippen LogP contribution in [0.3, 0.4) is 0 Å². The second-order valence-electron chi connectivity index (χ2n) is 11.3. The van der Waals surface area contributed by atoms with Gasteiger partial charge in [0.05, 0.1) is 0 Å². The first-order valence-corrected chi connectivity index (χ1v) is 15.0. The fraction of sp³-hybridized carbons (Fsp3) is 0.419. The Morgan fingerprint density at radius 2 is 1.85 bits per heavy atom. The lowest BCUT2D eigenvalue weighted by atomic mass is 10.0. The number of likely N-dealkylation sites (tertiary alicyclic amines) is 1. The van der Waals surface area contributed by atoms with Crippen molar-refractivity contribution in [3.8, 4) is 33.5 Å². The molecule has 1 amide bonds.